The van der Waals surface area contributed by atoms with E-state index in [-0.39, 0.29) is 12.4 Å². The lowest BCUT2D eigenvalue weighted by Gasteiger charge is -2.11. The lowest BCUT2D eigenvalue weighted by Crippen LogP contribution is -2.13. The molecule has 0 spiro atoms. The number of hydrogen-bond acceptors (Lipinski definition) is 2. The smallest absolute Gasteiger partial charge is 0.123 e. The van der Waals surface area contributed by atoms with Gasteiger partial charge in [0.25, 0.3) is 0 Å². The lowest BCUT2D eigenvalue weighted by molar-refractivity contribution is 0.280. The van der Waals surface area contributed by atoms with Crippen molar-refractivity contribution in [2.24, 2.45) is 0 Å². The molecule has 2 nitrogen and oxygen atoms in total. The van der Waals surface area contributed by atoms with Crippen molar-refractivity contribution in [1.82, 2.24) is 4.90 Å². The normalized spacial score (nSPS) is 10.4. The van der Waals surface area contributed by atoms with Crippen LogP contribution in [-0.2, 0) is 13.0 Å². The molecule has 0 bridgehead atoms. The Morgan fingerprint density at radius 2 is 1.52 bits per heavy atom. The van der Waals surface area contributed by atoms with Crippen LogP contribution in [0, 0.1) is 19.7 Å². The molecule has 1 N–H and O–H groups in total. The summed E-state index contributed by atoms with van der Waals surface area (Å²) < 4.78 is 12.1. The van der Waals surface area contributed by atoms with E-state index < -0.39 is 0 Å². The van der Waals surface area contributed by atoms with E-state index in [1.54, 1.807) is 12.1 Å². The molecule has 0 unspecified atom stereocenters. The Morgan fingerprint density at radius 1 is 0.913 bits per heavy atom. The van der Waals surface area contributed by atoms with E-state index in [1.165, 1.54) is 23.3 Å². The molecule has 0 radical (unpaired) electrons. The van der Waals surface area contributed by atoms with Crippen molar-refractivity contribution in [2.45, 2.75) is 33.3 Å². The molecule has 3 heteroatoms. The molecule has 0 heterocycles. The summed E-state index contributed by atoms with van der Waals surface area (Å²) in [6, 6.07) is 12.7. The van der Waals surface area contributed by atoms with Crippen LogP contribution in [0.4, 0.5) is 4.39 Å². The maximum absolute atomic E-state index is 12.1. The number of rotatable bonds is 5. The minimum Gasteiger partial charge on any atom is -0.392 e. The highest BCUT2D eigenvalue weighted by Gasteiger charge is 2.02. The van der Waals surface area contributed by atoms with Gasteiger partial charge in [-0.05, 0) is 70.6 Å². The number of aryl methyl sites for hydroxylation is 3. The Balaban J connectivity index is 0.000000277. The standard InChI is InChI=1S/C13H21NO.C7H7F/c1-11-6-7-12(13(9-11)10-15)5-4-8-14(2)3;1-6-2-4-7(8)5-3-6/h6-7,9,15H,4-5,8,10H2,1-3H3;2-5H,1H3. The summed E-state index contributed by atoms with van der Waals surface area (Å²) in [5.41, 5.74) is 4.67. The SMILES string of the molecule is Cc1ccc(CCCN(C)C)c(CO)c1.Cc1ccc(F)cc1. The van der Waals surface area contributed by atoms with Gasteiger partial charge in [0.1, 0.15) is 5.82 Å². The highest BCUT2D eigenvalue weighted by atomic mass is 19.1. The lowest BCUT2D eigenvalue weighted by atomic mass is 10.0. The van der Waals surface area contributed by atoms with E-state index >= 15 is 0 Å². The summed E-state index contributed by atoms with van der Waals surface area (Å²) in [6.07, 6.45) is 2.19. The third-order valence-corrected chi connectivity index (χ3v) is 3.59. The molecule has 0 saturated heterocycles. The molecule has 0 aliphatic heterocycles. The zero-order valence-electron chi connectivity index (χ0n) is 14.6. The molecule has 0 aliphatic rings. The number of aliphatic hydroxyl groups is 1. The van der Waals surface area contributed by atoms with Crippen LogP contribution >= 0.6 is 0 Å². The van der Waals surface area contributed by atoms with Crippen molar-refractivity contribution in [3.8, 4) is 0 Å². The molecule has 0 saturated carbocycles. The summed E-state index contributed by atoms with van der Waals surface area (Å²) >= 11 is 0. The average molecular weight is 317 g/mol. The van der Waals surface area contributed by atoms with Crippen molar-refractivity contribution >= 4 is 0 Å². The fraction of sp³-hybridized carbons (Fsp3) is 0.400. The second-order valence-corrected chi connectivity index (χ2v) is 6.13. The van der Waals surface area contributed by atoms with E-state index in [0.29, 0.717) is 0 Å². The summed E-state index contributed by atoms with van der Waals surface area (Å²) in [5.74, 6) is -0.171. The molecule has 23 heavy (non-hydrogen) atoms. The first-order valence-corrected chi connectivity index (χ1v) is 7.98. The van der Waals surface area contributed by atoms with Gasteiger partial charge in [0.05, 0.1) is 6.61 Å². The average Bonchev–Trinajstić information content (AvgIpc) is 2.52. The predicted octanol–water partition coefficient (Wildman–Crippen LogP) is 4.12. The highest BCUT2D eigenvalue weighted by Crippen LogP contribution is 2.13. The van der Waals surface area contributed by atoms with Crippen LogP contribution in [0.2, 0.25) is 0 Å². The Hall–Kier alpha value is -1.71. The van der Waals surface area contributed by atoms with Crippen molar-refractivity contribution in [3.05, 3.63) is 70.5 Å². The molecular weight excluding hydrogens is 289 g/mol. The first-order valence-electron chi connectivity index (χ1n) is 7.98. The molecule has 2 rings (SSSR count). The Labute approximate surface area is 139 Å². The van der Waals surface area contributed by atoms with Gasteiger partial charge in [-0.25, -0.2) is 4.39 Å². The monoisotopic (exact) mass is 317 g/mol. The molecule has 0 fully saturated rings. The Morgan fingerprint density at radius 3 is 2.04 bits per heavy atom. The molecule has 0 atom stereocenters. The number of benzene rings is 2. The van der Waals surface area contributed by atoms with Gasteiger partial charge in [0.15, 0.2) is 0 Å². The van der Waals surface area contributed by atoms with Crippen molar-refractivity contribution in [2.75, 3.05) is 20.6 Å². The number of nitrogens with zero attached hydrogens (tertiary/aromatic N) is 1. The van der Waals surface area contributed by atoms with Gasteiger partial charge in [0.2, 0.25) is 0 Å². The van der Waals surface area contributed by atoms with Crippen molar-refractivity contribution < 1.29 is 9.50 Å². The van der Waals surface area contributed by atoms with Crippen LogP contribution in [0.25, 0.3) is 0 Å². The number of hydrogen-bond donors (Lipinski definition) is 1. The maximum atomic E-state index is 12.1. The predicted molar refractivity (Wildman–Crippen MR) is 95.1 cm³/mol. The topological polar surface area (TPSA) is 23.5 Å². The van der Waals surface area contributed by atoms with E-state index in [2.05, 4.69) is 44.1 Å². The van der Waals surface area contributed by atoms with Gasteiger partial charge in [0, 0.05) is 0 Å². The molecule has 2 aromatic carbocycles. The molecule has 2 aromatic rings. The van der Waals surface area contributed by atoms with Crippen LogP contribution in [0.15, 0.2) is 42.5 Å². The minimum absolute atomic E-state index is 0.152. The first-order chi connectivity index (χ1) is 10.9. The third kappa shape index (κ3) is 7.91. The fourth-order valence-electron chi connectivity index (χ4n) is 2.26. The summed E-state index contributed by atoms with van der Waals surface area (Å²) in [7, 11) is 4.17. The first kappa shape index (κ1) is 19.3. The van der Waals surface area contributed by atoms with Gasteiger partial charge in [-0.1, -0.05) is 41.5 Å². The van der Waals surface area contributed by atoms with E-state index in [4.69, 9.17) is 0 Å². The molecule has 0 amide bonds. The maximum Gasteiger partial charge on any atom is 0.123 e. The van der Waals surface area contributed by atoms with Crippen LogP contribution in [0.5, 0.6) is 0 Å². The van der Waals surface area contributed by atoms with Crippen LogP contribution in [-0.4, -0.2) is 30.6 Å². The summed E-state index contributed by atoms with van der Waals surface area (Å²) in [6.45, 7) is 5.24. The van der Waals surface area contributed by atoms with E-state index in [1.807, 2.05) is 6.92 Å². The quantitative estimate of drug-likeness (QED) is 0.897. The second kappa shape index (κ2) is 10.1. The van der Waals surface area contributed by atoms with Crippen molar-refractivity contribution in [3.63, 3.8) is 0 Å². The molecule has 0 aromatic heterocycles. The summed E-state index contributed by atoms with van der Waals surface area (Å²) in [5, 5.41) is 9.24. The van der Waals surface area contributed by atoms with E-state index in [9.17, 15) is 9.50 Å². The largest absolute Gasteiger partial charge is 0.392 e. The van der Waals surface area contributed by atoms with Crippen LogP contribution in [0.1, 0.15) is 28.7 Å². The summed E-state index contributed by atoms with van der Waals surface area (Å²) in [4.78, 5) is 2.19. The van der Waals surface area contributed by atoms with Gasteiger partial charge in [-0.15, -0.1) is 0 Å². The van der Waals surface area contributed by atoms with Gasteiger partial charge >= 0.3 is 0 Å². The zero-order valence-corrected chi connectivity index (χ0v) is 14.6. The second-order valence-electron chi connectivity index (χ2n) is 6.13. The highest BCUT2D eigenvalue weighted by molar-refractivity contribution is 5.31. The van der Waals surface area contributed by atoms with E-state index in [0.717, 1.165) is 30.5 Å². The Kier molecular flexibility index (Phi) is 8.52. The third-order valence-electron chi connectivity index (χ3n) is 3.59. The minimum atomic E-state index is -0.171. The number of aliphatic hydroxyl groups excluding tert-OH is 1. The Bertz CT molecular complexity index is 558. The fourth-order valence-corrected chi connectivity index (χ4v) is 2.26. The number of halogens is 1. The van der Waals surface area contributed by atoms with Gasteiger partial charge in [-0.3, -0.25) is 0 Å². The van der Waals surface area contributed by atoms with Gasteiger partial charge < -0.3 is 10.0 Å². The van der Waals surface area contributed by atoms with Gasteiger partial charge in [-0.2, -0.15) is 0 Å². The molecule has 126 valence electrons. The van der Waals surface area contributed by atoms with Crippen molar-refractivity contribution in [1.29, 1.82) is 0 Å². The van der Waals surface area contributed by atoms with Crippen LogP contribution < -0.4 is 0 Å². The van der Waals surface area contributed by atoms with Crippen LogP contribution in [0.3, 0.4) is 0 Å². The molecular formula is C20H28FNO. The zero-order chi connectivity index (χ0) is 17.2. The molecule has 0 aliphatic carbocycles.